The summed E-state index contributed by atoms with van der Waals surface area (Å²) < 4.78 is 42.3. The molecule has 2 aliphatic rings. The minimum Gasteiger partial charge on any atom is -0.317 e. The first-order chi connectivity index (χ1) is 15.8. The van der Waals surface area contributed by atoms with Gasteiger partial charge in [0.2, 0.25) is 0 Å². The van der Waals surface area contributed by atoms with Gasteiger partial charge in [-0.25, -0.2) is 22.9 Å². The Balaban J connectivity index is 1.87. The van der Waals surface area contributed by atoms with Gasteiger partial charge >= 0.3 is 6.03 Å². The number of rotatable bonds is 7. The highest BCUT2D eigenvalue weighted by molar-refractivity contribution is 6.03. The Hall–Kier alpha value is -3.29. The largest absolute Gasteiger partial charge is 0.329 e. The van der Waals surface area contributed by atoms with Crippen LogP contribution in [0.15, 0.2) is 54.4 Å². The molecule has 4 rings (SSSR count). The standard InChI is InChI=1S/C25H27F3N4O/c1-4-5-13-31-16(2)21-24(30(3)25(31)33)29-23(19-8-6-7-18(14-19)22(27)28)32(21)15-17-9-11-20(26)12-10-17/h6-9,11,14,22H,2,4-5,10,12-13,15H2,1,3H3. The first kappa shape index (κ1) is 22.9. The third-order valence-corrected chi connectivity index (χ3v) is 6.06. The minimum atomic E-state index is -2.61. The number of urea groups is 1. The Morgan fingerprint density at radius 2 is 2.00 bits per heavy atom. The van der Waals surface area contributed by atoms with Crippen LogP contribution in [0.1, 0.15) is 50.3 Å². The van der Waals surface area contributed by atoms with E-state index >= 15 is 0 Å². The maximum Gasteiger partial charge on any atom is 0.329 e. The summed E-state index contributed by atoms with van der Waals surface area (Å²) in [6.45, 7) is 7.16. The summed E-state index contributed by atoms with van der Waals surface area (Å²) >= 11 is 0. The zero-order valence-corrected chi connectivity index (χ0v) is 18.8. The second kappa shape index (κ2) is 9.29. The molecule has 1 aliphatic carbocycles. The predicted octanol–water partition coefficient (Wildman–Crippen LogP) is 6.70. The smallest absolute Gasteiger partial charge is 0.317 e. The summed E-state index contributed by atoms with van der Waals surface area (Å²) in [5.41, 5.74) is 2.60. The van der Waals surface area contributed by atoms with E-state index in [1.54, 1.807) is 30.2 Å². The third kappa shape index (κ3) is 4.34. The number of carbonyl (C=O) groups excluding carboxylic acids is 1. The Kier molecular flexibility index (Phi) is 6.44. The van der Waals surface area contributed by atoms with Crippen LogP contribution >= 0.6 is 0 Å². The van der Waals surface area contributed by atoms with Gasteiger partial charge in [-0.05, 0) is 30.6 Å². The van der Waals surface area contributed by atoms with Crippen LogP contribution in [0.3, 0.4) is 0 Å². The fourth-order valence-corrected chi connectivity index (χ4v) is 4.20. The number of benzene rings is 1. The van der Waals surface area contributed by atoms with Crippen molar-refractivity contribution in [1.82, 2.24) is 14.5 Å². The maximum atomic E-state index is 13.6. The van der Waals surface area contributed by atoms with Gasteiger partial charge in [-0.1, -0.05) is 44.2 Å². The number of halogens is 3. The second-order valence-corrected chi connectivity index (χ2v) is 8.35. The van der Waals surface area contributed by atoms with E-state index in [0.717, 1.165) is 18.4 Å². The third-order valence-electron chi connectivity index (χ3n) is 6.06. The molecule has 2 aromatic rings. The summed E-state index contributed by atoms with van der Waals surface area (Å²) in [6, 6.07) is 5.87. The van der Waals surface area contributed by atoms with Gasteiger partial charge in [0.05, 0.1) is 5.70 Å². The molecule has 0 fully saturated rings. The molecular formula is C25H27F3N4O. The molecule has 0 N–H and O–H groups in total. The average Bonchev–Trinajstić information content (AvgIpc) is 3.18. The van der Waals surface area contributed by atoms with Gasteiger partial charge in [-0.3, -0.25) is 9.80 Å². The Morgan fingerprint density at radius 1 is 1.21 bits per heavy atom. The number of alkyl halides is 2. The number of anilines is 1. The topological polar surface area (TPSA) is 41.4 Å². The first-order valence-electron chi connectivity index (χ1n) is 11.1. The number of unbranched alkanes of at least 4 members (excludes halogenated alkanes) is 1. The number of nitrogens with zero attached hydrogens (tertiary/aromatic N) is 4. The van der Waals surface area contributed by atoms with Crippen LogP contribution in [0.2, 0.25) is 0 Å². The van der Waals surface area contributed by atoms with E-state index in [0.29, 0.717) is 54.5 Å². The highest BCUT2D eigenvalue weighted by Gasteiger charge is 2.36. The van der Waals surface area contributed by atoms with Crippen molar-refractivity contribution in [3.05, 3.63) is 65.7 Å². The zero-order chi connectivity index (χ0) is 23.7. The normalized spacial score (nSPS) is 16.3. The number of aromatic nitrogens is 2. The molecule has 0 unspecified atom stereocenters. The lowest BCUT2D eigenvalue weighted by atomic mass is 10.0. The number of allylic oxidation sites excluding steroid dienone is 4. The first-order valence-corrected chi connectivity index (χ1v) is 11.1. The molecular weight excluding hydrogens is 429 g/mol. The molecule has 1 aromatic carbocycles. The molecule has 1 aliphatic heterocycles. The quantitative estimate of drug-likeness (QED) is 0.465. The molecule has 2 amide bonds. The summed E-state index contributed by atoms with van der Waals surface area (Å²) in [5.74, 6) is 0.738. The average molecular weight is 457 g/mol. The van der Waals surface area contributed by atoms with E-state index in [-0.39, 0.29) is 17.4 Å². The van der Waals surface area contributed by atoms with E-state index in [1.165, 1.54) is 23.1 Å². The minimum absolute atomic E-state index is 0.102. The highest BCUT2D eigenvalue weighted by atomic mass is 19.3. The number of hydrogen-bond acceptors (Lipinski definition) is 2. The molecule has 0 radical (unpaired) electrons. The molecule has 5 nitrogen and oxygen atoms in total. The van der Waals surface area contributed by atoms with Crippen LogP contribution in [0.5, 0.6) is 0 Å². The van der Waals surface area contributed by atoms with Gasteiger partial charge in [-0.15, -0.1) is 0 Å². The molecule has 0 atom stereocenters. The predicted molar refractivity (Wildman–Crippen MR) is 124 cm³/mol. The molecule has 1 aromatic heterocycles. The van der Waals surface area contributed by atoms with Gasteiger partial charge in [0.15, 0.2) is 5.82 Å². The van der Waals surface area contributed by atoms with Crippen LogP contribution in [0.4, 0.5) is 23.8 Å². The van der Waals surface area contributed by atoms with Gasteiger partial charge in [0, 0.05) is 37.7 Å². The molecule has 0 saturated carbocycles. The Morgan fingerprint density at radius 3 is 2.67 bits per heavy atom. The van der Waals surface area contributed by atoms with Gasteiger partial charge in [0.25, 0.3) is 6.43 Å². The lowest BCUT2D eigenvalue weighted by Gasteiger charge is -2.34. The van der Waals surface area contributed by atoms with E-state index in [1.807, 2.05) is 11.5 Å². The number of imidazole rings is 1. The van der Waals surface area contributed by atoms with Gasteiger partial charge in [-0.2, -0.15) is 0 Å². The van der Waals surface area contributed by atoms with Crippen molar-refractivity contribution >= 4 is 17.5 Å². The van der Waals surface area contributed by atoms with Crippen molar-refractivity contribution in [2.75, 3.05) is 18.5 Å². The lowest BCUT2D eigenvalue weighted by molar-refractivity contribution is 0.151. The Bertz CT molecular complexity index is 1150. The van der Waals surface area contributed by atoms with Crippen LogP contribution in [0, 0.1) is 0 Å². The van der Waals surface area contributed by atoms with Gasteiger partial charge < -0.3 is 4.57 Å². The van der Waals surface area contributed by atoms with Crippen LogP contribution in [-0.4, -0.2) is 34.1 Å². The molecule has 174 valence electrons. The number of fused-ring (bicyclic) bond motifs is 1. The summed E-state index contributed by atoms with van der Waals surface area (Å²) in [6.07, 6.45) is 3.20. The fraction of sp³-hybridized carbons (Fsp3) is 0.360. The van der Waals surface area contributed by atoms with Crippen molar-refractivity contribution < 1.29 is 18.0 Å². The molecule has 0 saturated heterocycles. The Labute approximate surface area is 191 Å². The van der Waals surface area contributed by atoms with Crippen molar-refractivity contribution in [1.29, 1.82) is 0 Å². The number of carbonyl (C=O) groups is 1. The maximum absolute atomic E-state index is 13.6. The molecule has 0 bridgehead atoms. The second-order valence-electron chi connectivity index (χ2n) is 8.35. The monoisotopic (exact) mass is 456 g/mol. The van der Waals surface area contributed by atoms with Gasteiger partial charge in [0.1, 0.15) is 17.3 Å². The van der Waals surface area contributed by atoms with E-state index < -0.39 is 6.43 Å². The summed E-state index contributed by atoms with van der Waals surface area (Å²) in [5, 5.41) is 0. The summed E-state index contributed by atoms with van der Waals surface area (Å²) in [4.78, 5) is 20.8. The fourth-order valence-electron chi connectivity index (χ4n) is 4.20. The zero-order valence-electron chi connectivity index (χ0n) is 18.8. The molecule has 0 spiro atoms. The SMILES string of the molecule is C=C1c2c(nc(-c3cccc(C(F)F)c3)n2CC2=CC=C(F)CC2)N(C)C(=O)N1CCCC. The van der Waals surface area contributed by atoms with Crippen molar-refractivity contribution in [2.45, 2.75) is 45.6 Å². The van der Waals surface area contributed by atoms with Crippen molar-refractivity contribution in [2.24, 2.45) is 0 Å². The van der Waals surface area contributed by atoms with Crippen molar-refractivity contribution in [3.8, 4) is 11.4 Å². The molecule has 33 heavy (non-hydrogen) atoms. The van der Waals surface area contributed by atoms with Crippen LogP contribution < -0.4 is 4.90 Å². The van der Waals surface area contributed by atoms with E-state index in [4.69, 9.17) is 4.98 Å². The molecule has 2 heterocycles. The van der Waals surface area contributed by atoms with E-state index in [9.17, 15) is 18.0 Å². The number of hydrogen-bond donors (Lipinski definition) is 0. The lowest BCUT2D eigenvalue weighted by Crippen LogP contribution is -2.45. The van der Waals surface area contributed by atoms with Crippen LogP contribution in [0.25, 0.3) is 17.1 Å². The number of amides is 2. The van der Waals surface area contributed by atoms with E-state index in [2.05, 4.69) is 6.58 Å². The molecule has 8 heteroatoms. The van der Waals surface area contributed by atoms with Crippen LogP contribution in [-0.2, 0) is 6.54 Å². The summed E-state index contributed by atoms with van der Waals surface area (Å²) in [7, 11) is 1.65. The highest BCUT2D eigenvalue weighted by Crippen LogP contribution is 2.39. The van der Waals surface area contributed by atoms with Crippen molar-refractivity contribution in [3.63, 3.8) is 0 Å².